The van der Waals surface area contributed by atoms with Crippen LogP contribution in [-0.4, -0.2) is 23.9 Å². The van der Waals surface area contributed by atoms with Crippen molar-refractivity contribution in [1.82, 2.24) is 10.3 Å². The van der Waals surface area contributed by atoms with Crippen LogP contribution >= 0.6 is 0 Å². The van der Waals surface area contributed by atoms with Gasteiger partial charge in [0, 0.05) is 29.1 Å². The molecule has 124 valence electrons. The van der Waals surface area contributed by atoms with Crippen LogP contribution in [0.1, 0.15) is 35.2 Å². The fourth-order valence-electron chi connectivity index (χ4n) is 2.97. The highest BCUT2D eigenvalue weighted by Gasteiger charge is 2.10. The lowest BCUT2D eigenvalue weighted by atomic mass is 10.0. The van der Waals surface area contributed by atoms with E-state index in [1.165, 1.54) is 5.56 Å². The van der Waals surface area contributed by atoms with Gasteiger partial charge in [-0.2, -0.15) is 0 Å². The lowest BCUT2D eigenvalue weighted by Gasteiger charge is -2.05. The summed E-state index contributed by atoms with van der Waals surface area (Å²) in [5, 5.41) is 4.49. The summed E-state index contributed by atoms with van der Waals surface area (Å²) < 4.78 is 0. The van der Waals surface area contributed by atoms with Crippen LogP contribution in [0.25, 0.3) is 10.9 Å². The molecule has 0 radical (unpaired) electrons. The minimum absolute atomic E-state index is 0.233. The van der Waals surface area contributed by atoms with Crippen molar-refractivity contribution in [3.8, 4) is 0 Å². The molecule has 0 aliphatic heterocycles. The number of nitrogens with one attached hydrogen (secondary N) is 2. The zero-order valence-electron chi connectivity index (χ0n) is 13.9. The Hall–Kier alpha value is -2.39. The number of para-hydroxylation sites is 1. The quantitative estimate of drug-likeness (QED) is 0.455. The molecule has 2 aromatic carbocycles. The fourth-order valence-corrected chi connectivity index (χ4v) is 2.97. The highest BCUT2D eigenvalue weighted by Crippen LogP contribution is 2.19. The molecular formula is C21H24N2O. The maximum Gasteiger partial charge on any atom is 0.165 e. The van der Waals surface area contributed by atoms with Crippen LogP contribution in [0, 0.1) is 0 Å². The van der Waals surface area contributed by atoms with Crippen molar-refractivity contribution in [3.05, 3.63) is 71.9 Å². The molecule has 0 aliphatic carbocycles. The van der Waals surface area contributed by atoms with Gasteiger partial charge in [-0.3, -0.25) is 4.79 Å². The van der Waals surface area contributed by atoms with E-state index >= 15 is 0 Å². The van der Waals surface area contributed by atoms with Crippen molar-refractivity contribution in [1.29, 1.82) is 0 Å². The van der Waals surface area contributed by atoms with Gasteiger partial charge >= 0.3 is 0 Å². The molecule has 0 aliphatic rings. The second kappa shape index (κ2) is 8.46. The van der Waals surface area contributed by atoms with Crippen LogP contribution in [0.3, 0.4) is 0 Å². The normalized spacial score (nSPS) is 11.0. The summed E-state index contributed by atoms with van der Waals surface area (Å²) >= 11 is 0. The van der Waals surface area contributed by atoms with Gasteiger partial charge in [0.05, 0.1) is 0 Å². The van der Waals surface area contributed by atoms with Crippen molar-refractivity contribution in [3.63, 3.8) is 0 Å². The van der Waals surface area contributed by atoms with Crippen LogP contribution in [0.4, 0.5) is 0 Å². The average Bonchev–Trinajstić information content (AvgIpc) is 3.06. The molecule has 0 bridgehead atoms. The number of aromatic nitrogens is 1. The van der Waals surface area contributed by atoms with Gasteiger partial charge in [-0.15, -0.1) is 0 Å². The third-order valence-corrected chi connectivity index (χ3v) is 4.33. The van der Waals surface area contributed by atoms with E-state index in [0.29, 0.717) is 6.42 Å². The average molecular weight is 320 g/mol. The highest BCUT2D eigenvalue weighted by atomic mass is 16.1. The first-order valence-corrected chi connectivity index (χ1v) is 8.68. The van der Waals surface area contributed by atoms with Gasteiger partial charge < -0.3 is 10.3 Å². The largest absolute Gasteiger partial charge is 0.360 e. The van der Waals surface area contributed by atoms with Gasteiger partial charge in [0.15, 0.2) is 5.78 Å². The lowest BCUT2D eigenvalue weighted by molar-refractivity contribution is 0.0981. The Bertz CT molecular complexity index is 777. The van der Waals surface area contributed by atoms with E-state index in [1.54, 1.807) is 0 Å². The van der Waals surface area contributed by atoms with Crippen LogP contribution in [0.5, 0.6) is 0 Å². The predicted octanol–water partition coefficient (Wildman–Crippen LogP) is 4.35. The highest BCUT2D eigenvalue weighted by molar-refractivity contribution is 6.07. The smallest absolute Gasteiger partial charge is 0.165 e. The standard InChI is InChI=1S/C21H24N2O/c24-21(19-16-23-20-11-5-4-10-18(19)20)12-6-7-14-22-15-13-17-8-2-1-3-9-17/h1-5,8-11,16,22-23H,6-7,12-15H2. The van der Waals surface area contributed by atoms with Crippen molar-refractivity contribution in [2.24, 2.45) is 0 Å². The second-order valence-electron chi connectivity index (χ2n) is 6.11. The second-order valence-corrected chi connectivity index (χ2v) is 6.11. The summed E-state index contributed by atoms with van der Waals surface area (Å²) in [5.74, 6) is 0.233. The minimum atomic E-state index is 0.233. The van der Waals surface area contributed by atoms with Crippen LogP contribution in [0.2, 0.25) is 0 Å². The van der Waals surface area contributed by atoms with Crippen LogP contribution in [0.15, 0.2) is 60.8 Å². The number of hydrogen-bond donors (Lipinski definition) is 2. The molecule has 0 amide bonds. The van der Waals surface area contributed by atoms with Crippen molar-refractivity contribution in [2.45, 2.75) is 25.7 Å². The summed E-state index contributed by atoms with van der Waals surface area (Å²) in [5.41, 5.74) is 3.21. The zero-order valence-corrected chi connectivity index (χ0v) is 13.9. The number of ketones is 1. The Morgan fingerprint density at radius 3 is 2.58 bits per heavy atom. The van der Waals surface area contributed by atoms with Gasteiger partial charge in [0.1, 0.15) is 0 Å². The van der Waals surface area contributed by atoms with E-state index in [4.69, 9.17) is 0 Å². The number of carbonyl (C=O) groups is 1. The first-order valence-electron chi connectivity index (χ1n) is 8.68. The Balaban J connectivity index is 1.34. The first-order chi connectivity index (χ1) is 11.8. The van der Waals surface area contributed by atoms with E-state index in [-0.39, 0.29) is 5.78 Å². The number of unbranched alkanes of at least 4 members (excludes halogenated alkanes) is 1. The molecule has 3 heteroatoms. The number of aromatic amines is 1. The van der Waals surface area contributed by atoms with Crippen LogP contribution in [-0.2, 0) is 6.42 Å². The van der Waals surface area contributed by atoms with Gasteiger partial charge in [0.25, 0.3) is 0 Å². The zero-order chi connectivity index (χ0) is 16.6. The number of Topliss-reactive ketones (excluding diaryl/α,β-unsaturated/α-hetero) is 1. The monoisotopic (exact) mass is 320 g/mol. The Labute approximate surface area is 143 Å². The predicted molar refractivity (Wildman–Crippen MR) is 99.5 cm³/mol. The molecule has 1 aromatic heterocycles. The van der Waals surface area contributed by atoms with Crippen LogP contribution < -0.4 is 5.32 Å². The number of fused-ring (bicyclic) bond motifs is 1. The molecule has 3 aromatic rings. The maximum atomic E-state index is 12.4. The summed E-state index contributed by atoms with van der Waals surface area (Å²) in [7, 11) is 0. The molecule has 0 saturated heterocycles. The first kappa shape index (κ1) is 16.5. The van der Waals surface area contributed by atoms with Crippen molar-refractivity contribution < 1.29 is 4.79 Å². The SMILES string of the molecule is O=C(CCCCNCCc1ccccc1)c1c[nH]c2ccccc12. The molecule has 0 spiro atoms. The molecule has 0 fully saturated rings. The molecule has 3 rings (SSSR count). The van der Waals surface area contributed by atoms with E-state index in [1.807, 2.05) is 36.5 Å². The van der Waals surface area contributed by atoms with E-state index in [0.717, 1.165) is 48.8 Å². The fraction of sp³-hybridized carbons (Fsp3) is 0.286. The van der Waals surface area contributed by atoms with Crippen molar-refractivity contribution >= 4 is 16.7 Å². The molecule has 2 N–H and O–H groups in total. The van der Waals surface area contributed by atoms with Gasteiger partial charge in [-0.25, -0.2) is 0 Å². The molecule has 1 heterocycles. The molecule has 0 saturated carbocycles. The number of benzene rings is 2. The van der Waals surface area contributed by atoms with E-state index in [9.17, 15) is 4.79 Å². The molecular weight excluding hydrogens is 296 g/mol. The maximum absolute atomic E-state index is 12.4. The summed E-state index contributed by atoms with van der Waals surface area (Å²) in [6, 6.07) is 18.5. The third-order valence-electron chi connectivity index (χ3n) is 4.33. The number of hydrogen-bond acceptors (Lipinski definition) is 2. The molecule has 3 nitrogen and oxygen atoms in total. The molecule has 0 atom stereocenters. The summed E-state index contributed by atoms with van der Waals surface area (Å²) in [6.07, 6.45) is 5.46. The summed E-state index contributed by atoms with van der Waals surface area (Å²) in [4.78, 5) is 15.5. The number of H-pyrrole nitrogens is 1. The molecule has 0 unspecified atom stereocenters. The van der Waals surface area contributed by atoms with Gasteiger partial charge in [0.2, 0.25) is 0 Å². The summed E-state index contributed by atoms with van der Waals surface area (Å²) in [6.45, 7) is 1.95. The third kappa shape index (κ3) is 4.33. The Kier molecular flexibility index (Phi) is 5.80. The Morgan fingerprint density at radius 2 is 1.71 bits per heavy atom. The number of carbonyl (C=O) groups excluding carboxylic acids is 1. The molecule has 24 heavy (non-hydrogen) atoms. The van der Waals surface area contributed by atoms with Crippen molar-refractivity contribution in [2.75, 3.05) is 13.1 Å². The van der Waals surface area contributed by atoms with E-state index < -0.39 is 0 Å². The Morgan fingerprint density at radius 1 is 0.917 bits per heavy atom. The minimum Gasteiger partial charge on any atom is -0.360 e. The lowest BCUT2D eigenvalue weighted by Crippen LogP contribution is -2.18. The van der Waals surface area contributed by atoms with Gasteiger partial charge in [-0.05, 0) is 44.0 Å². The van der Waals surface area contributed by atoms with Gasteiger partial charge in [-0.1, -0.05) is 48.5 Å². The number of rotatable bonds is 9. The topological polar surface area (TPSA) is 44.9 Å². The van der Waals surface area contributed by atoms with E-state index in [2.05, 4.69) is 34.6 Å².